The van der Waals surface area contributed by atoms with Crippen molar-refractivity contribution in [3.63, 3.8) is 0 Å². The van der Waals surface area contributed by atoms with Crippen LogP contribution in [0, 0.1) is 5.92 Å². The van der Waals surface area contributed by atoms with Crippen LogP contribution >= 0.6 is 11.6 Å². The van der Waals surface area contributed by atoms with E-state index in [0.29, 0.717) is 23.4 Å². The zero-order valence-electron chi connectivity index (χ0n) is 13.6. The number of rotatable bonds is 5. The normalized spacial score (nSPS) is 21.1. The lowest BCUT2D eigenvalue weighted by Gasteiger charge is -2.33. The Bertz CT molecular complexity index is 676. The van der Waals surface area contributed by atoms with E-state index in [1.54, 1.807) is 0 Å². The van der Waals surface area contributed by atoms with Gasteiger partial charge in [0.25, 0.3) is 0 Å². The molecule has 4 rings (SSSR count). The van der Waals surface area contributed by atoms with Gasteiger partial charge in [0.2, 0.25) is 11.8 Å². The van der Waals surface area contributed by atoms with E-state index < -0.39 is 6.10 Å². The van der Waals surface area contributed by atoms with E-state index >= 15 is 0 Å². The summed E-state index contributed by atoms with van der Waals surface area (Å²) in [5.41, 5.74) is 0.948. The number of piperidine rings is 1. The Labute approximate surface area is 146 Å². The fourth-order valence-corrected chi connectivity index (χ4v) is 3.50. The Kier molecular flexibility index (Phi) is 4.57. The Hall–Kier alpha value is -1.43. The lowest BCUT2D eigenvalue weighted by molar-refractivity contribution is 0.0543. The Morgan fingerprint density at radius 1 is 1.12 bits per heavy atom. The molecule has 2 heterocycles. The van der Waals surface area contributed by atoms with Crippen molar-refractivity contribution in [3.8, 4) is 0 Å². The number of hydrogen-bond acceptors (Lipinski definition) is 5. The van der Waals surface area contributed by atoms with Gasteiger partial charge in [-0.2, -0.15) is 0 Å². The molecule has 2 fully saturated rings. The van der Waals surface area contributed by atoms with Crippen LogP contribution in [0.4, 0.5) is 0 Å². The minimum Gasteiger partial charge on any atom is -0.424 e. The van der Waals surface area contributed by atoms with E-state index in [2.05, 4.69) is 15.1 Å². The summed E-state index contributed by atoms with van der Waals surface area (Å²) in [5.74, 6) is 2.31. The molecule has 1 saturated carbocycles. The van der Waals surface area contributed by atoms with Crippen LogP contribution in [-0.4, -0.2) is 33.3 Å². The van der Waals surface area contributed by atoms with Gasteiger partial charge in [-0.1, -0.05) is 23.7 Å². The quantitative estimate of drug-likeness (QED) is 0.896. The van der Waals surface area contributed by atoms with E-state index in [0.717, 1.165) is 37.4 Å². The molecule has 0 spiro atoms. The van der Waals surface area contributed by atoms with Crippen molar-refractivity contribution in [2.75, 3.05) is 13.1 Å². The molecule has 128 valence electrons. The third-order valence-electron chi connectivity index (χ3n) is 5.06. The first-order chi connectivity index (χ1) is 11.7. The number of aliphatic hydroxyl groups is 1. The molecule has 1 atom stereocenters. The molecule has 24 heavy (non-hydrogen) atoms. The van der Waals surface area contributed by atoms with Crippen molar-refractivity contribution >= 4 is 11.6 Å². The average molecular weight is 348 g/mol. The standard InChI is InChI=1S/C18H22ClN3O2/c19-15-5-3-12(4-6-15)17(23)13-7-9-22(10-8-13)11-16-20-21-18(24-16)14-1-2-14/h3-6,13-14,17,23H,1-2,7-11H2/t17-/m0/s1. The lowest BCUT2D eigenvalue weighted by Crippen LogP contribution is -2.35. The molecule has 0 unspecified atom stereocenters. The average Bonchev–Trinajstić information content (AvgIpc) is 3.36. The first-order valence-corrected chi connectivity index (χ1v) is 9.05. The van der Waals surface area contributed by atoms with Crippen LogP contribution < -0.4 is 0 Å². The maximum absolute atomic E-state index is 10.6. The smallest absolute Gasteiger partial charge is 0.230 e. The molecule has 1 N–H and O–H groups in total. The van der Waals surface area contributed by atoms with Gasteiger partial charge < -0.3 is 9.52 Å². The topological polar surface area (TPSA) is 62.4 Å². The molecule has 2 aromatic rings. The molecule has 1 aliphatic carbocycles. The predicted octanol–water partition coefficient (Wildman–Crippen LogP) is 3.55. The second-order valence-corrected chi connectivity index (χ2v) is 7.35. The third-order valence-corrected chi connectivity index (χ3v) is 5.31. The molecule has 1 aliphatic heterocycles. The van der Waals surface area contributed by atoms with E-state index in [1.165, 1.54) is 12.8 Å². The predicted molar refractivity (Wildman–Crippen MR) is 90.7 cm³/mol. The monoisotopic (exact) mass is 347 g/mol. The number of halogens is 1. The molecule has 5 nitrogen and oxygen atoms in total. The summed E-state index contributed by atoms with van der Waals surface area (Å²) in [5, 5.41) is 19.6. The van der Waals surface area contributed by atoms with Crippen molar-refractivity contribution in [3.05, 3.63) is 46.6 Å². The van der Waals surface area contributed by atoms with E-state index in [1.807, 2.05) is 24.3 Å². The molecule has 0 radical (unpaired) electrons. The zero-order valence-corrected chi connectivity index (χ0v) is 14.3. The first-order valence-electron chi connectivity index (χ1n) is 8.67. The SMILES string of the molecule is O[C@@H](c1ccc(Cl)cc1)C1CCN(Cc2nnc(C3CC3)o2)CC1. The van der Waals surface area contributed by atoms with Gasteiger partial charge in [0, 0.05) is 10.9 Å². The van der Waals surface area contributed by atoms with Crippen molar-refractivity contribution in [2.24, 2.45) is 5.92 Å². The van der Waals surface area contributed by atoms with Gasteiger partial charge in [0.1, 0.15) is 0 Å². The van der Waals surface area contributed by atoms with E-state index in [-0.39, 0.29) is 5.92 Å². The number of nitrogens with zero attached hydrogens (tertiary/aromatic N) is 3. The molecule has 1 aromatic heterocycles. The van der Waals surface area contributed by atoms with Crippen molar-refractivity contribution in [1.29, 1.82) is 0 Å². The van der Waals surface area contributed by atoms with Crippen LogP contribution in [0.5, 0.6) is 0 Å². The third kappa shape index (κ3) is 3.63. The number of aromatic nitrogens is 2. The van der Waals surface area contributed by atoms with Gasteiger partial charge in [-0.15, -0.1) is 10.2 Å². The molecule has 6 heteroatoms. The summed E-state index contributed by atoms with van der Waals surface area (Å²) in [6.45, 7) is 2.59. The van der Waals surface area contributed by atoms with E-state index in [9.17, 15) is 5.11 Å². The molecule has 0 bridgehead atoms. The molecule has 0 amide bonds. The molecular weight excluding hydrogens is 326 g/mol. The minimum absolute atomic E-state index is 0.284. The summed E-state index contributed by atoms with van der Waals surface area (Å²) >= 11 is 5.92. The van der Waals surface area contributed by atoms with Gasteiger partial charge in [-0.05, 0) is 62.4 Å². The zero-order chi connectivity index (χ0) is 16.5. The second kappa shape index (κ2) is 6.82. The Morgan fingerprint density at radius 3 is 2.50 bits per heavy atom. The van der Waals surface area contributed by atoms with Crippen LogP contribution in [0.25, 0.3) is 0 Å². The van der Waals surface area contributed by atoms with Gasteiger partial charge in [-0.25, -0.2) is 0 Å². The summed E-state index contributed by atoms with van der Waals surface area (Å²) < 4.78 is 5.74. The number of hydrogen-bond donors (Lipinski definition) is 1. The summed E-state index contributed by atoms with van der Waals surface area (Å²) in [6.07, 6.45) is 3.86. The summed E-state index contributed by atoms with van der Waals surface area (Å²) in [6, 6.07) is 7.50. The minimum atomic E-state index is -0.422. The van der Waals surface area contributed by atoms with Gasteiger partial charge in [0.05, 0.1) is 12.6 Å². The highest BCUT2D eigenvalue weighted by atomic mass is 35.5. The fourth-order valence-electron chi connectivity index (χ4n) is 3.38. The fraction of sp³-hybridized carbons (Fsp3) is 0.556. The van der Waals surface area contributed by atoms with Crippen molar-refractivity contribution in [2.45, 2.75) is 44.2 Å². The van der Waals surface area contributed by atoms with Gasteiger partial charge in [0.15, 0.2) is 0 Å². The van der Waals surface area contributed by atoms with Crippen molar-refractivity contribution < 1.29 is 9.52 Å². The molecule has 2 aliphatic rings. The largest absolute Gasteiger partial charge is 0.424 e. The number of aliphatic hydroxyl groups excluding tert-OH is 1. The first kappa shape index (κ1) is 16.1. The van der Waals surface area contributed by atoms with Crippen molar-refractivity contribution in [1.82, 2.24) is 15.1 Å². The van der Waals surface area contributed by atoms with Crippen LogP contribution in [-0.2, 0) is 6.54 Å². The molecular formula is C18H22ClN3O2. The molecule has 1 aromatic carbocycles. The number of benzene rings is 1. The van der Waals surface area contributed by atoms with Gasteiger partial charge >= 0.3 is 0 Å². The lowest BCUT2D eigenvalue weighted by atomic mass is 9.87. The summed E-state index contributed by atoms with van der Waals surface area (Å²) in [7, 11) is 0. The maximum Gasteiger partial charge on any atom is 0.230 e. The highest BCUT2D eigenvalue weighted by Crippen LogP contribution is 2.39. The highest BCUT2D eigenvalue weighted by Gasteiger charge is 2.30. The maximum atomic E-state index is 10.6. The summed E-state index contributed by atoms with van der Waals surface area (Å²) in [4.78, 5) is 2.33. The second-order valence-electron chi connectivity index (χ2n) is 6.92. The van der Waals surface area contributed by atoms with E-state index in [4.69, 9.17) is 16.0 Å². The van der Waals surface area contributed by atoms with Crippen LogP contribution in [0.15, 0.2) is 28.7 Å². The Morgan fingerprint density at radius 2 is 1.83 bits per heavy atom. The molecule has 1 saturated heterocycles. The highest BCUT2D eigenvalue weighted by molar-refractivity contribution is 6.30. The van der Waals surface area contributed by atoms with Crippen LogP contribution in [0.3, 0.4) is 0 Å². The van der Waals surface area contributed by atoms with Crippen LogP contribution in [0.2, 0.25) is 5.02 Å². The van der Waals surface area contributed by atoms with Crippen LogP contribution in [0.1, 0.15) is 55.1 Å². The number of likely N-dealkylation sites (tertiary alicyclic amines) is 1. The van der Waals surface area contributed by atoms with Gasteiger partial charge in [-0.3, -0.25) is 4.90 Å². The Balaban J connectivity index is 1.30.